The summed E-state index contributed by atoms with van der Waals surface area (Å²) in [4.78, 5) is 4.31. The Morgan fingerprint density at radius 2 is 1.63 bits per heavy atom. The molecule has 0 bridgehead atoms. The van der Waals surface area contributed by atoms with Crippen molar-refractivity contribution in [2.45, 2.75) is 25.8 Å². The minimum atomic E-state index is -0.0632. The van der Waals surface area contributed by atoms with Gasteiger partial charge >= 0.3 is 0 Å². The number of nitrogens with zero attached hydrogens (tertiary/aromatic N) is 1. The molecule has 0 heterocycles. The molecule has 0 fully saturated rings. The Labute approximate surface area is 179 Å². The Kier molecular flexibility index (Phi) is 9.41. The van der Waals surface area contributed by atoms with E-state index in [0.717, 1.165) is 24.0 Å². The van der Waals surface area contributed by atoms with Gasteiger partial charge in [0.2, 0.25) is 0 Å². The van der Waals surface area contributed by atoms with Crippen molar-refractivity contribution in [3.05, 3.63) is 59.7 Å². The summed E-state index contributed by atoms with van der Waals surface area (Å²) >= 11 is 0. The van der Waals surface area contributed by atoms with Gasteiger partial charge in [-0.1, -0.05) is 38.1 Å². The minimum absolute atomic E-state index is 0. The number of hydrogen-bond acceptors (Lipinski definition) is 3. The number of hydrogen-bond donors (Lipinski definition) is 2. The lowest BCUT2D eigenvalue weighted by molar-refractivity contribution is 0.411. The first-order chi connectivity index (χ1) is 12.5. The van der Waals surface area contributed by atoms with Gasteiger partial charge in [0, 0.05) is 25.6 Å². The van der Waals surface area contributed by atoms with Crippen LogP contribution in [0.2, 0.25) is 0 Å². The number of ether oxygens (including phenoxy) is 2. The molecule has 0 saturated heterocycles. The standard InChI is InChI=1S/C21H29N3O2.HI/c1-21(2,17-7-6-8-19(13-17)26-5)15-24-20(22-3)23-14-16-9-11-18(25-4)12-10-16;/h6-13H,14-15H2,1-5H3,(H2,22,23,24);1H. The van der Waals surface area contributed by atoms with Gasteiger partial charge in [-0.3, -0.25) is 4.99 Å². The summed E-state index contributed by atoms with van der Waals surface area (Å²) in [6, 6.07) is 16.2. The van der Waals surface area contributed by atoms with E-state index in [2.05, 4.69) is 41.6 Å². The molecule has 0 atom stereocenters. The maximum absolute atomic E-state index is 5.34. The highest BCUT2D eigenvalue weighted by molar-refractivity contribution is 14.0. The van der Waals surface area contributed by atoms with Gasteiger partial charge < -0.3 is 20.1 Å². The third-order valence-electron chi connectivity index (χ3n) is 4.39. The number of halogens is 1. The number of guanidine groups is 1. The molecule has 2 aromatic rings. The lowest BCUT2D eigenvalue weighted by atomic mass is 9.84. The lowest BCUT2D eigenvalue weighted by Crippen LogP contribution is -2.43. The van der Waals surface area contributed by atoms with Gasteiger partial charge in [0.05, 0.1) is 14.2 Å². The van der Waals surface area contributed by atoms with E-state index in [0.29, 0.717) is 6.54 Å². The maximum Gasteiger partial charge on any atom is 0.191 e. The van der Waals surface area contributed by atoms with E-state index in [1.54, 1.807) is 21.3 Å². The first-order valence-corrected chi connectivity index (χ1v) is 8.70. The number of aliphatic imine (C=N–C) groups is 1. The Morgan fingerprint density at radius 3 is 2.22 bits per heavy atom. The predicted molar refractivity (Wildman–Crippen MR) is 123 cm³/mol. The smallest absolute Gasteiger partial charge is 0.191 e. The van der Waals surface area contributed by atoms with E-state index in [-0.39, 0.29) is 29.4 Å². The number of rotatable bonds is 7. The van der Waals surface area contributed by atoms with E-state index >= 15 is 0 Å². The van der Waals surface area contributed by atoms with Crippen LogP contribution in [-0.2, 0) is 12.0 Å². The highest BCUT2D eigenvalue weighted by Gasteiger charge is 2.21. The molecule has 2 aromatic carbocycles. The fraction of sp³-hybridized carbons (Fsp3) is 0.381. The van der Waals surface area contributed by atoms with Gasteiger partial charge in [0.15, 0.2) is 5.96 Å². The molecule has 0 unspecified atom stereocenters. The van der Waals surface area contributed by atoms with Crippen molar-refractivity contribution in [2.75, 3.05) is 27.8 Å². The van der Waals surface area contributed by atoms with Crippen molar-refractivity contribution in [2.24, 2.45) is 4.99 Å². The van der Waals surface area contributed by atoms with Crippen LogP contribution in [0.4, 0.5) is 0 Å². The second-order valence-corrected chi connectivity index (χ2v) is 6.74. The Hall–Kier alpha value is -1.96. The first kappa shape index (κ1) is 23.1. The molecule has 0 aliphatic carbocycles. The zero-order valence-electron chi connectivity index (χ0n) is 16.7. The second-order valence-electron chi connectivity index (χ2n) is 6.74. The quantitative estimate of drug-likeness (QED) is 0.356. The van der Waals surface area contributed by atoms with Crippen LogP contribution in [0.3, 0.4) is 0 Å². The van der Waals surface area contributed by atoms with Crippen LogP contribution >= 0.6 is 24.0 Å². The van der Waals surface area contributed by atoms with E-state index in [1.165, 1.54) is 11.1 Å². The second kappa shape index (κ2) is 11.0. The van der Waals surface area contributed by atoms with Crippen molar-refractivity contribution >= 4 is 29.9 Å². The molecule has 0 spiro atoms. The Bertz CT molecular complexity index is 730. The summed E-state index contributed by atoms with van der Waals surface area (Å²) in [5, 5.41) is 6.76. The molecule has 0 amide bonds. The fourth-order valence-electron chi connectivity index (χ4n) is 2.60. The van der Waals surface area contributed by atoms with Crippen molar-refractivity contribution in [3.8, 4) is 11.5 Å². The summed E-state index contributed by atoms with van der Waals surface area (Å²) in [6.45, 7) is 5.85. The summed E-state index contributed by atoms with van der Waals surface area (Å²) < 4.78 is 10.5. The minimum Gasteiger partial charge on any atom is -0.497 e. The zero-order chi connectivity index (χ0) is 19.0. The first-order valence-electron chi connectivity index (χ1n) is 8.70. The topological polar surface area (TPSA) is 54.9 Å². The average molecular weight is 483 g/mol. The van der Waals surface area contributed by atoms with Crippen LogP contribution in [0.25, 0.3) is 0 Å². The molecule has 5 nitrogen and oxygen atoms in total. The fourth-order valence-corrected chi connectivity index (χ4v) is 2.60. The van der Waals surface area contributed by atoms with Crippen molar-refractivity contribution < 1.29 is 9.47 Å². The zero-order valence-corrected chi connectivity index (χ0v) is 19.0. The lowest BCUT2D eigenvalue weighted by Gasteiger charge is -2.27. The molecule has 27 heavy (non-hydrogen) atoms. The summed E-state index contributed by atoms with van der Waals surface area (Å²) in [6.07, 6.45) is 0. The van der Waals surface area contributed by atoms with Crippen LogP contribution in [0, 0.1) is 0 Å². The van der Waals surface area contributed by atoms with Crippen LogP contribution in [-0.4, -0.2) is 33.8 Å². The highest BCUT2D eigenvalue weighted by Crippen LogP contribution is 2.25. The molecular weight excluding hydrogens is 453 g/mol. The van der Waals surface area contributed by atoms with E-state index in [9.17, 15) is 0 Å². The van der Waals surface area contributed by atoms with Gasteiger partial charge in [0.1, 0.15) is 11.5 Å². The largest absolute Gasteiger partial charge is 0.497 e. The van der Waals surface area contributed by atoms with Crippen LogP contribution in [0.5, 0.6) is 11.5 Å². The van der Waals surface area contributed by atoms with Gasteiger partial charge in [0.25, 0.3) is 0 Å². The molecule has 2 rings (SSSR count). The molecule has 0 radical (unpaired) electrons. The van der Waals surface area contributed by atoms with Crippen molar-refractivity contribution in [1.82, 2.24) is 10.6 Å². The van der Waals surface area contributed by atoms with Crippen LogP contribution in [0.15, 0.2) is 53.5 Å². The molecule has 148 valence electrons. The van der Waals surface area contributed by atoms with Crippen molar-refractivity contribution in [3.63, 3.8) is 0 Å². The predicted octanol–water partition coefficient (Wildman–Crippen LogP) is 3.96. The Morgan fingerprint density at radius 1 is 0.963 bits per heavy atom. The third kappa shape index (κ3) is 6.93. The summed E-state index contributed by atoms with van der Waals surface area (Å²) in [5.74, 6) is 2.51. The van der Waals surface area contributed by atoms with Crippen LogP contribution in [0.1, 0.15) is 25.0 Å². The molecule has 2 N–H and O–H groups in total. The Balaban J connectivity index is 0.00000364. The molecule has 6 heteroatoms. The summed E-state index contributed by atoms with van der Waals surface area (Å²) in [5.41, 5.74) is 2.32. The van der Waals surface area contributed by atoms with Crippen molar-refractivity contribution in [1.29, 1.82) is 0 Å². The molecule has 0 aliphatic rings. The summed E-state index contributed by atoms with van der Waals surface area (Å²) in [7, 11) is 5.14. The monoisotopic (exact) mass is 483 g/mol. The number of methoxy groups -OCH3 is 2. The van der Waals surface area contributed by atoms with Gasteiger partial charge in [-0.25, -0.2) is 0 Å². The highest BCUT2D eigenvalue weighted by atomic mass is 127. The van der Waals surface area contributed by atoms with Gasteiger partial charge in [-0.05, 0) is 35.4 Å². The molecule has 0 aliphatic heterocycles. The number of nitrogens with one attached hydrogen (secondary N) is 2. The van der Waals surface area contributed by atoms with E-state index in [1.807, 2.05) is 36.4 Å². The normalized spacial score (nSPS) is 11.4. The van der Waals surface area contributed by atoms with Gasteiger partial charge in [-0.2, -0.15) is 0 Å². The number of benzene rings is 2. The molecule has 0 aromatic heterocycles. The average Bonchev–Trinajstić information content (AvgIpc) is 2.68. The SMILES string of the molecule is CN=C(NCc1ccc(OC)cc1)NCC(C)(C)c1cccc(OC)c1.I. The van der Waals surface area contributed by atoms with E-state index in [4.69, 9.17) is 9.47 Å². The third-order valence-corrected chi connectivity index (χ3v) is 4.39. The van der Waals surface area contributed by atoms with Crippen LogP contribution < -0.4 is 20.1 Å². The maximum atomic E-state index is 5.34. The molecular formula is C21H30IN3O2. The van der Waals surface area contributed by atoms with Gasteiger partial charge in [-0.15, -0.1) is 24.0 Å². The van der Waals surface area contributed by atoms with E-state index < -0.39 is 0 Å². The molecule has 0 saturated carbocycles.